The van der Waals surface area contributed by atoms with Crippen LogP contribution in [0.4, 0.5) is 0 Å². The summed E-state index contributed by atoms with van der Waals surface area (Å²) in [5, 5.41) is 14.2. The molecule has 36 heavy (non-hydrogen) atoms. The second kappa shape index (κ2) is 8.92. The lowest BCUT2D eigenvalue weighted by atomic mass is 10.0. The molecule has 0 bridgehead atoms. The van der Waals surface area contributed by atoms with Gasteiger partial charge in [0.05, 0.1) is 33.7 Å². The topological polar surface area (TPSA) is 80.9 Å². The van der Waals surface area contributed by atoms with E-state index >= 15 is 0 Å². The Morgan fingerprint density at radius 3 is 2.00 bits per heavy atom. The number of hydrogen-bond acceptors (Lipinski definition) is 4. The van der Waals surface area contributed by atoms with Crippen LogP contribution in [0.15, 0.2) is 116 Å². The Morgan fingerprint density at radius 1 is 0.639 bits per heavy atom. The van der Waals surface area contributed by atoms with Crippen molar-refractivity contribution in [3.8, 4) is 39.3 Å². The molecule has 0 atom stereocenters. The van der Waals surface area contributed by atoms with Gasteiger partial charge in [-0.1, -0.05) is 60.7 Å². The molecule has 2 heterocycles. The summed E-state index contributed by atoms with van der Waals surface area (Å²) >= 11 is 0. The van der Waals surface area contributed by atoms with E-state index in [1.807, 2.05) is 47.1 Å². The fourth-order valence-electron chi connectivity index (χ4n) is 4.26. The first-order valence-corrected chi connectivity index (χ1v) is 11.5. The molecule has 1 N–H and O–H groups in total. The van der Waals surface area contributed by atoms with E-state index < -0.39 is 5.97 Å². The van der Waals surface area contributed by atoms with Crippen molar-refractivity contribution in [3.63, 3.8) is 0 Å². The van der Waals surface area contributed by atoms with Gasteiger partial charge in [0.1, 0.15) is 0 Å². The van der Waals surface area contributed by atoms with Crippen LogP contribution in [0.1, 0.15) is 10.4 Å². The van der Waals surface area contributed by atoms with E-state index in [4.69, 9.17) is 5.10 Å². The quantitative estimate of drug-likeness (QED) is 0.312. The molecule has 4 aromatic carbocycles. The largest absolute Gasteiger partial charge is 0.478 e. The molecule has 0 saturated heterocycles. The monoisotopic (exact) mass is 468 g/mol. The highest BCUT2D eigenvalue weighted by atomic mass is 16.4. The van der Waals surface area contributed by atoms with Gasteiger partial charge in [0, 0.05) is 23.5 Å². The fraction of sp³-hybridized carbons (Fsp3) is 0. The van der Waals surface area contributed by atoms with Crippen LogP contribution in [0.5, 0.6) is 0 Å². The second-order valence-electron chi connectivity index (χ2n) is 8.38. The molecule has 0 fully saturated rings. The normalized spacial score (nSPS) is 11.0. The Bertz CT molecular complexity index is 1690. The van der Waals surface area contributed by atoms with Gasteiger partial charge in [-0.3, -0.25) is 9.97 Å². The summed E-state index contributed by atoms with van der Waals surface area (Å²) in [4.78, 5) is 20.2. The summed E-state index contributed by atoms with van der Waals surface area (Å²) in [5.74, 6) is -0.963. The number of fused-ring (bicyclic) bond motifs is 1. The van der Waals surface area contributed by atoms with Gasteiger partial charge in [0.25, 0.3) is 0 Å². The highest BCUT2D eigenvalue weighted by Crippen LogP contribution is 2.31. The Labute approximate surface area is 207 Å². The number of rotatable bonds is 5. The predicted molar refractivity (Wildman–Crippen MR) is 140 cm³/mol. The van der Waals surface area contributed by atoms with Crippen molar-refractivity contribution in [1.29, 1.82) is 0 Å². The number of aromatic nitrogens is 4. The summed E-state index contributed by atoms with van der Waals surface area (Å²) in [6.45, 7) is 0. The third kappa shape index (κ3) is 4.01. The van der Waals surface area contributed by atoms with Crippen LogP contribution < -0.4 is 0 Å². The van der Waals surface area contributed by atoms with Crippen LogP contribution in [-0.2, 0) is 0 Å². The number of carboxylic acid groups (broad SMARTS) is 1. The minimum absolute atomic E-state index is 0.227. The van der Waals surface area contributed by atoms with Crippen LogP contribution in [0.2, 0.25) is 0 Å². The molecule has 0 aliphatic carbocycles. The second-order valence-corrected chi connectivity index (χ2v) is 8.38. The van der Waals surface area contributed by atoms with Gasteiger partial charge in [0.15, 0.2) is 0 Å². The highest BCUT2D eigenvalue weighted by molar-refractivity contribution is 5.88. The minimum atomic E-state index is -0.963. The molecule has 6 rings (SSSR count). The molecular weight excluding hydrogens is 448 g/mol. The Kier molecular flexibility index (Phi) is 5.31. The number of nitrogens with zero attached hydrogens (tertiary/aromatic N) is 4. The molecule has 6 heteroatoms. The molecule has 6 nitrogen and oxygen atoms in total. The van der Waals surface area contributed by atoms with E-state index in [-0.39, 0.29) is 5.56 Å². The lowest BCUT2D eigenvalue weighted by molar-refractivity contribution is 0.0697. The van der Waals surface area contributed by atoms with Crippen LogP contribution in [-0.4, -0.2) is 30.8 Å². The van der Waals surface area contributed by atoms with Crippen molar-refractivity contribution < 1.29 is 9.90 Å². The first kappa shape index (κ1) is 21.4. The van der Waals surface area contributed by atoms with Crippen molar-refractivity contribution in [2.75, 3.05) is 0 Å². The first-order chi connectivity index (χ1) is 17.7. The van der Waals surface area contributed by atoms with Crippen LogP contribution in [0.25, 0.3) is 50.4 Å². The minimum Gasteiger partial charge on any atom is -0.478 e. The predicted octanol–water partition coefficient (Wildman–Crippen LogP) is 6.51. The number of carbonyl (C=O) groups is 1. The maximum Gasteiger partial charge on any atom is 0.335 e. The number of benzene rings is 4. The molecule has 2 aromatic heterocycles. The summed E-state index contributed by atoms with van der Waals surface area (Å²) in [5.41, 5.74) is 8.49. The molecule has 172 valence electrons. The van der Waals surface area contributed by atoms with Crippen LogP contribution >= 0.6 is 0 Å². The Balaban J connectivity index is 1.46. The number of hydrogen-bond donors (Lipinski definition) is 1. The van der Waals surface area contributed by atoms with Crippen molar-refractivity contribution in [2.45, 2.75) is 0 Å². The number of aromatic carboxylic acids is 1. The standard InChI is InChI=1S/C30H20N4O2/c35-30(36)23-10-13-25(14-11-23)34-29(24-12-15-26-28(18-24)32-17-16-31-26)19-27(33-34)22-8-6-21(7-9-22)20-4-2-1-3-5-20/h1-19H,(H,35,36). The van der Waals surface area contributed by atoms with E-state index in [9.17, 15) is 9.90 Å². The molecule has 0 radical (unpaired) electrons. The SMILES string of the molecule is O=C(O)c1ccc(-n2nc(-c3ccc(-c4ccccc4)cc3)cc2-c2ccc3nccnc3c2)cc1. The van der Waals surface area contributed by atoms with Crippen molar-refractivity contribution in [1.82, 2.24) is 19.7 Å². The third-order valence-corrected chi connectivity index (χ3v) is 6.12. The fourth-order valence-corrected chi connectivity index (χ4v) is 4.26. The van der Waals surface area contributed by atoms with E-state index in [0.29, 0.717) is 0 Å². The van der Waals surface area contributed by atoms with E-state index in [0.717, 1.165) is 50.4 Å². The lowest BCUT2D eigenvalue weighted by Gasteiger charge is -2.08. The zero-order valence-electron chi connectivity index (χ0n) is 19.1. The van der Waals surface area contributed by atoms with Gasteiger partial charge in [-0.2, -0.15) is 5.10 Å². The summed E-state index contributed by atoms with van der Waals surface area (Å²) in [7, 11) is 0. The molecule has 0 aliphatic rings. The summed E-state index contributed by atoms with van der Waals surface area (Å²) in [6, 6.07) is 33.2. The molecule has 0 amide bonds. The third-order valence-electron chi connectivity index (χ3n) is 6.12. The van der Waals surface area contributed by atoms with Gasteiger partial charge in [-0.25, -0.2) is 9.48 Å². The number of carboxylic acids is 1. The van der Waals surface area contributed by atoms with E-state index in [1.54, 1.807) is 36.7 Å². The van der Waals surface area contributed by atoms with Gasteiger partial charge < -0.3 is 5.11 Å². The first-order valence-electron chi connectivity index (χ1n) is 11.5. The molecule has 6 aromatic rings. The van der Waals surface area contributed by atoms with Gasteiger partial charge >= 0.3 is 5.97 Å². The molecule has 0 saturated carbocycles. The zero-order valence-corrected chi connectivity index (χ0v) is 19.1. The van der Waals surface area contributed by atoms with Crippen molar-refractivity contribution in [3.05, 3.63) is 121 Å². The van der Waals surface area contributed by atoms with Gasteiger partial charge in [-0.05, 0) is 53.6 Å². The zero-order chi connectivity index (χ0) is 24.5. The maximum absolute atomic E-state index is 11.3. The smallest absolute Gasteiger partial charge is 0.335 e. The van der Waals surface area contributed by atoms with Crippen molar-refractivity contribution in [2.24, 2.45) is 0 Å². The van der Waals surface area contributed by atoms with E-state index in [2.05, 4.69) is 46.4 Å². The summed E-state index contributed by atoms with van der Waals surface area (Å²) in [6.07, 6.45) is 3.35. The van der Waals surface area contributed by atoms with Crippen LogP contribution in [0, 0.1) is 0 Å². The molecule has 0 spiro atoms. The Hall–Kier alpha value is -5.10. The average molecular weight is 469 g/mol. The van der Waals surface area contributed by atoms with Crippen molar-refractivity contribution >= 4 is 17.0 Å². The molecule has 0 unspecified atom stereocenters. The van der Waals surface area contributed by atoms with E-state index in [1.165, 1.54) is 0 Å². The van der Waals surface area contributed by atoms with Gasteiger partial charge in [0.2, 0.25) is 0 Å². The molecule has 0 aliphatic heterocycles. The van der Waals surface area contributed by atoms with Crippen LogP contribution in [0.3, 0.4) is 0 Å². The summed E-state index contributed by atoms with van der Waals surface area (Å²) < 4.78 is 1.84. The highest BCUT2D eigenvalue weighted by Gasteiger charge is 2.15. The molecular formula is C30H20N4O2. The Morgan fingerprint density at radius 2 is 1.28 bits per heavy atom. The lowest BCUT2D eigenvalue weighted by Crippen LogP contribution is -2.01. The average Bonchev–Trinajstić information content (AvgIpc) is 3.39. The maximum atomic E-state index is 11.3. The van der Waals surface area contributed by atoms with Gasteiger partial charge in [-0.15, -0.1) is 0 Å².